The van der Waals surface area contributed by atoms with Gasteiger partial charge in [0.2, 0.25) is 10.0 Å². The average Bonchev–Trinajstić information content (AvgIpc) is 3.14. The number of hydrogen-bond donors (Lipinski definition) is 0. The van der Waals surface area contributed by atoms with Crippen LogP contribution in [0.4, 0.5) is 0 Å². The Morgan fingerprint density at radius 3 is 2.50 bits per heavy atom. The molecular weight excluding hydrogens is 350 g/mol. The van der Waals surface area contributed by atoms with Crippen LogP contribution >= 0.6 is 0 Å². The number of benzene rings is 1. The standard InChI is InChI=1S/C19H29N3O3S/c1-20(2)19(23)16-8-7-10-18(14-16)26(24,25)22-13-4-3-9-17(22)15-21-11-5-6-12-21/h7-8,10,14,17H,3-6,9,11-13,15H2,1-2H3. The highest BCUT2D eigenvalue weighted by molar-refractivity contribution is 7.89. The molecule has 2 heterocycles. The zero-order chi connectivity index (χ0) is 18.7. The van der Waals surface area contributed by atoms with Gasteiger partial charge in [-0.15, -0.1) is 0 Å². The molecule has 26 heavy (non-hydrogen) atoms. The predicted octanol–water partition coefficient (Wildman–Crippen LogP) is 2.03. The Morgan fingerprint density at radius 1 is 1.12 bits per heavy atom. The van der Waals surface area contributed by atoms with Gasteiger partial charge < -0.3 is 9.80 Å². The summed E-state index contributed by atoms with van der Waals surface area (Å²) in [6, 6.07) is 6.46. The van der Waals surface area contributed by atoms with Crippen LogP contribution in [0.3, 0.4) is 0 Å². The number of carbonyl (C=O) groups is 1. The van der Waals surface area contributed by atoms with Crippen molar-refractivity contribution in [2.75, 3.05) is 40.3 Å². The first-order valence-electron chi connectivity index (χ1n) is 9.45. The number of amides is 1. The summed E-state index contributed by atoms with van der Waals surface area (Å²) in [5.74, 6) is -0.186. The second-order valence-corrected chi connectivity index (χ2v) is 9.39. The van der Waals surface area contributed by atoms with Gasteiger partial charge in [0.1, 0.15) is 0 Å². The van der Waals surface area contributed by atoms with E-state index in [2.05, 4.69) is 4.90 Å². The maximum absolute atomic E-state index is 13.3. The van der Waals surface area contributed by atoms with Crippen LogP contribution in [0.25, 0.3) is 0 Å². The molecule has 1 aromatic carbocycles. The maximum Gasteiger partial charge on any atom is 0.253 e. The van der Waals surface area contributed by atoms with E-state index in [1.54, 1.807) is 36.6 Å². The van der Waals surface area contributed by atoms with Crippen LogP contribution in [0.5, 0.6) is 0 Å². The van der Waals surface area contributed by atoms with Crippen molar-refractivity contribution in [2.45, 2.75) is 43.0 Å². The van der Waals surface area contributed by atoms with E-state index in [-0.39, 0.29) is 16.8 Å². The quantitative estimate of drug-likeness (QED) is 0.785. The highest BCUT2D eigenvalue weighted by Gasteiger charge is 2.35. The molecule has 0 radical (unpaired) electrons. The number of hydrogen-bond acceptors (Lipinski definition) is 4. The molecule has 1 amide bonds. The molecule has 144 valence electrons. The summed E-state index contributed by atoms with van der Waals surface area (Å²) in [7, 11) is -0.265. The van der Waals surface area contributed by atoms with Crippen molar-refractivity contribution in [2.24, 2.45) is 0 Å². The summed E-state index contributed by atoms with van der Waals surface area (Å²) in [6.07, 6.45) is 5.28. The van der Waals surface area contributed by atoms with E-state index in [0.717, 1.165) is 38.9 Å². The van der Waals surface area contributed by atoms with Crippen molar-refractivity contribution in [1.29, 1.82) is 0 Å². The Balaban J connectivity index is 1.85. The Labute approximate surface area is 156 Å². The van der Waals surface area contributed by atoms with E-state index < -0.39 is 10.0 Å². The summed E-state index contributed by atoms with van der Waals surface area (Å²) in [5, 5.41) is 0. The molecule has 0 N–H and O–H groups in total. The van der Waals surface area contributed by atoms with Gasteiger partial charge in [0, 0.05) is 38.8 Å². The van der Waals surface area contributed by atoms with Crippen LogP contribution in [0.1, 0.15) is 42.5 Å². The summed E-state index contributed by atoms with van der Waals surface area (Å²) in [5.41, 5.74) is 0.407. The molecule has 3 rings (SSSR count). The van der Waals surface area contributed by atoms with Gasteiger partial charge in [-0.2, -0.15) is 4.31 Å². The second kappa shape index (κ2) is 8.06. The molecular formula is C19H29N3O3S. The minimum atomic E-state index is -3.60. The summed E-state index contributed by atoms with van der Waals surface area (Å²) in [6.45, 7) is 3.51. The molecule has 0 aliphatic carbocycles. The highest BCUT2D eigenvalue weighted by Crippen LogP contribution is 2.27. The lowest BCUT2D eigenvalue weighted by atomic mass is 10.0. The lowest BCUT2D eigenvalue weighted by Gasteiger charge is -2.36. The number of sulfonamides is 1. The summed E-state index contributed by atoms with van der Waals surface area (Å²) in [4.78, 5) is 16.3. The van der Waals surface area contributed by atoms with Crippen molar-refractivity contribution in [3.63, 3.8) is 0 Å². The number of piperidine rings is 1. The fourth-order valence-corrected chi connectivity index (χ4v) is 5.65. The smallest absolute Gasteiger partial charge is 0.253 e. The van der Waals surface area contributed by atoms with Crippen molar-refractivity contribution in [3.8, 4) is 0 Å². The lowest BCUT2D eigenvalue weighted by Crippen LogP contribution is -2.48. The van der Waals surface area contributed by atoms with Crippen molar-refractivity contribution < 1.29 is 13.2 Å². The van der Waals surface area contributed by atoms with Gasteiger partial charge in [-0.1, -0.05) is 12.5 Å². The Hall–Kier alpha value is -1.44. The molecule has 2 saturated heterocycles. The van der Waals surface area contributed by atoms with E-state index in [1.807, 2.05) is 0 Å². The van der Waals surface area contributed by atoms with Crippen LogP contribution in [0, 0.1) is 0 Å². The molecule has 1 atom stereocenters. The van der Waals surface area contributed by atoms with Gasteiger partial charge in [-0.05, 0) is 57.0 Å². The van der Waals surface area contributed by atoms with Gasteiger partial charge >= 0.3 is 0 Å². The molecule has 2 fully saturated rings. The zero-order valence-electron chi connectivity index (χ0n) is 15.7. The lowest BCUT2D eigenvalue weighted by molar-refractivity contribution is 0.0827. The van der Waals surface area contributed by atoms with Crippen LogP contribution in [-0.4, -0.2) is 74.7 Å². The van der Waals surface area contributed by atoms with E-state index in [4.69, 9.17) is 0 Å². The van der Waals surface area contributed by atoms with Crippen molar-refractivity contribution in [3.05, 3.63) is 29.8 Å². The first-order valence-corrected chi connectivity index (χ1v) is 10.9. The van der Waals surface area contributed by atoms with Crippen LogP contribution in [0.2, 0.25) is 0 Å². The van der Waals surface area contributed by atoms with E-state index in [0.29, 0.717) is 12.1 Å². The van der Waals surface area contributed by atoms with Crippen molar-refractivity contribution >= 4 is 15.9 Å². The van der Waals surface area contributed by atoms with Crippen LogP contribution in [0.15, 0.2) is 29.2 Å². The molecule has 0 aromatic heterocycles. The molecule has 1 aromatic rings. The minimum Gasteiger partial charge on any atom is -0.345 e. The maximum atomic E-state index is 13.3. The summed E-state index contributed by atoms with van der Waals surface area (Å²) >= 11 is 0. The monoisotopic (exact) mass is 379 g/mol. The van der Waals surface area contributed by atoms with E-state index in [9.17, 15) is 13.2 Å². The average molecular weight is 380 g/mol. The number of carbonyl (C=O) groups excluding carboxylic acids is 1. The fraction of sp³-hybridized carbons (Fsp3) is 0.632. The van der Waals surface area contributed by atoms with Gasteiger partial charge in [-0.3, -0.25) is 4.79 Å². The summed E-state index contributed by atoms with van der Waals surface area (Å²) < 4.78 is 28.3. The van der Waals surface area contributed by atoms with Gasteiger partial charge in [-0.25, -0.2) is 8.42 Å². The van der Waals surface area contributed by atoms with Crippen LogP contribution < -0.4 is 0 Å². The number of nitrogens with zero attached hydrogens (tertiary/aromatic N) is 3. The van der Waals surface area contributed by atoms with Gasteiger partial charge in [0.25, 0.3) is 5.91 Å². The molecule has 6 nitrogen and oxygen atoms in total. The molecule has 7 heteroatoms. The molecule has 0 spiro atoms. The first-order chi connectivity index (χ1) is 12.4. The van der Waals surface area contributed by atoms with Crippen molar-refractivity contribution in [1.82, 2.24) is 14.1 Å². The molecule has 2 aliphatic heterocycles. The number of rotatable bonds is 5. The Bertz CT molecular complexity index is 742. The molecule has 1 unspecified atom stereocenters. The molecule has 2 aliphatic rings. The van der Waals surface area contributed by atoms with E-state index in [1.165, 1.54) is 23.8 Å². The normalized spacial score (nSPS) is 22.5. The molecule has 0 bridgehead atoms. The van der Waals surface area contributed by atoms with Gasteiger partial charge in [0.15, 0.2) is 0 Å². The zero-order valence-corrected chi connectivity index (χ0v) is 16.5. The Morgan fingerprint density at radius 2 is 1.81 bits per heavy atom. The SMILES string of the molecule is CN(C)C(=O)c1cccc(S(=O)(=O)N2CCCCC2CN2CCCC2)c1. The van der Waals surface area contributed by atoms with E-state index >= 15 is 0 Å². The minimum absolute atomic E-state index is 0.0278. The predicted molar refractivity (Wildman–Crippen MR) is 102 cm³/mol. The fourth-order valence-electron chi connectivity index (χ4n) is 3.92. The first kappa shape index (κ1) is 19.3. The Kier molecular flexibility index (Phi) is 5.99. The van der Waals surface area contributed by atoms with Crippen LogP contribution in [-0.2, 0) is 10.0 Å². The third kappa shape index (κ3) is 4.10. The second-order valence-electron chi connectivity index (χ2n) is 7.50. The van der Waals surface area contributed by atoms with Gasteiger partial charge in [0.05, 0.1) is 4.90 Å². The molecule has 0 saturated carbocycles. The third-order valence-electron chi connectivity index (χ3n) is 5.33. The topological polar surface area (TPSA) is 60.9 Å². The highest BCUT2D eigenvalue weighted by atomic mass is 32.2. The number of likely N-dealkylation sites (tertiary alicyclic amines) is 1. The largest absolute Gasteiger partial charge is 0.345 e. The third-order valence-corrected chi connectivity index (χ3v) is 7.28.